The predicted octanol–water partition coefficient (Wildman–Crippen LogP) is 4.15. The quantitative estimate of drug-likeness (QED) is 0.444. The molecule has 1 aliphatic rings. The van der Waals surface area contributed by atoms with Crippen molar-refractivity contribution in [1.29, 1.82) is 0 Å². The first-order valence-corrected chi connectivity index (χ1v) is 8.14. The molecule has 0 aliphatic heterocycles. The number of para-hydroxylation sites is 1. The molecule has 0 saturated carbocycles. The molecule has 1 heterocycles. The highest BCUT2D eigenvalue weighted by atomic mass is 16.3. The van der Waals surface area contributed by atoms with Gasteiger partial charge in [-0.3, -0.25) is 0 Å². The van der Waals surface area contributed by atoms with Gasteiger partial charge < -0.3 is 4.42 Å². The minimum absolute atomic E-state index is 0.0220. The summed E-state index contributed by atoms with van der Waals surface area (Å²) in [5.41, 5.74) is 8.60. The Morgan fingerprint density at radius 3 is 2.43 bits per heavy atom. The number of rotatable bonds is 0. The monoisotopic (exact) mass is 296 g/mol. The van der Waals surface area contributed by atoms with E-state index >= 15 is 0 Å². The molecule has 4 aromatic rings. The van der Waals surface area contributed by atoms with Gasteiger partial charge in [0.05, 0.1) is 0 Å². The molecule has 0 radical (unpaired) electrons. The number of hydrogen-bond donors (Lipinski definition) is 0. The highest BCUT2D eigenvalue weighted by Gasteiger charge is 2.37. The number of hydrogen-bond acceptors (Lipinski definition) is 1. The van der Waals surface area contributed by atoms with Crippen molar-refractivity contribution >= 4 is 35.2 Å². The third-order valence-electron chi connectivity index (χ3n) is 5.41. The molecular weight excluding hydrogens is 279 g/mol. The standard InChI is InChI=1S/C21H17BO/c1-21(2)15-8-4-3-6-14(15)18-16(21)11-10-13-12-7-5-9-17(22)19(12)23-20(13)18/h3-11H,22H2,1-2H3. The molecule has 0 saturated heterocycles. The van der Waals surface area contributed by atoms with E-state index in [0.29, 0.717) is 0 Å². The Hall–Kier alpha value is -2.48. The van der Waals surface area contributed by atoms with Crippen LogP contribution in [0.1, 0.15) is 25.0 Å². The first kappa shape index (κ1) is 13.0. The van der Waals surface area contributed by atoms with Crippen molar-refractivity contribution in [3.63, 3.8) is 0 Å². The molecule has 1 aromatic heterocycles. The van der Waals surface area contributed by atoms with Gasteiger partial charge in [-0.05, 0) is 22.2 Å². The zero-order valence-corrected chi connectivity index (χ0v) is 13.6. The minimum atomic E-state index is 0.0220. The number of benzene rings is 3. The third-order valence-corrected chi connectivity index (χ3v) is 5.41. The average molecular weight is 296 g/mol. The predicted molar refractivity (Wildman–Crippen MR) is 99.5 cm³/mol. The first-order chi connectivity index (χ1) is 11.1. The molecule has 2 heteroatoms. The van der Waals surface area contributed by atoms with Gasteiger partial charge in [0.1, 0.15) is 19.0 Å². The smallest absolute Gasteiger partial charge is 0.144 e. The van der Waals surface area contributed by atoms with Crippen LogP contribution in [0.15, 0.2) is 59.0 Å². The topological polar surface area (TPSA) is 13.1 Å². The fourth-order valence-electron chi connectivity index (χ4n) is 4.18. The van der Waals surface area contributed by atoms with Crippen LogP contribution < -0.4 is 5.46 Å². The van der Waals surface area contributed by atoms with E-state index in [4.69, 9.17) is 4.42 Å². The van der Waals surface area contributed by atoms with Gasteiger partial charge in [-0.25, -0.2) is 0 Å². The molecule has 3 aromatic carbocycles. The molecule has 0 spiro atoms. The molecule has 0 bridgehead atoms. The van der Waals surface area contributed by atoms with Gasteiger partial charge >= 0.3 is 0 Å². The van der Waals surface area contributed by atoms with Crippen LogP contribution >= 0.6 is 0 Å². The summed E-state index contributed by atoms with van der Waals surface area (Å²) in [7, 11) is 2.11. The van der Waals surface area contributed by atoms with Crippen molar-refractivity contribution in [3.05, 3.63) is 65.7 Å². The second kappa shape index (κ2) is 4.08. The Bertz CT molecular complexity index is 1100. The minimum Gasteiger partial charge on any atom is -0.456 e. The van der Waals surface area contributed by atoms with Crippen molar-refractivity contribution in [1.82, 2.24) is 0 Å². The first-order valence-electron chi connectivity index (χ1n) is 8.14. The van der Waals surface area contributed by atoms with Gasteiger partial charge in [0.25, 0.3) is 0 Å². The SMILES string of the molecule is Bc1cccc2c1oc1c3c(ccc12)C(C)(C)c1ccccc1-3. The summed E-state index contributed by atoms with van der Waals surface area (Å²) in [5, 5.41) is 2.43. The zero-order valence-electron chi connectivity index (χ0n) is 13.6. The fourth-order valence-corrected chi connectivity index (χ4v) is 4.18. The molecule has 0 N–H and O–H groups in total. The molecule has 110 valence electrons. The van der Waals surface area contributed by atoms with Crippen LogP contribution in [0.4, 0.5) is 0 Å². The third kappa shape index (κ3) is 1.49. The van der Waals surface area contributed by atoms with Crippen LogP contribution in [-0.4, -0.2) is 7.85 Å². The molecule has 0 fully saturated rings. The van der Waals surface area contributed by atoms with Crippen LogP contribution in [0.25, 0.3) is 33.1 Å². The summed E-state index contributed by atoms with van der Waals surface area (Å²) in [6, 6.07) is 19.6. The van der Waals surface area contributed by atoms with Gasteiger partial charge in [0.15, 0.2) is 0 Å². The molecule has 23 heavy (non-hydrogen) atoms. The Labute approximate surface area is 136 Å². The van der Waals surface area contributed by atoms with E-state index < -0.39 is 0 Å². The van der Waals surface area contributed by atoms with Crippen molar-refractivity contribution in [2.45, 2.75) is 19.3 Å². The summed E-state index contributed by atoms with van der Waals surface area (Å²) in [6.45, 7) is 4.61. The van der Waals surface area contributed by atoms with E-state index in [1.54, 1.807) is 0 Å². The van der Waals surface area contributed by atoms with Crippen molar-refractivity contribution in [3.8, 4) is 11.1 Å². The summed E-state index contributed by atoms with van der Waals surface area (Å²) < 4.78 is 6.38. The number of furan rings is 1. The average Bonchev–Trinajstić information content (AvgIpc) is 3.04. The molecule has 5 rings (SSSR count). The molecule has 0 amide bonds. The van der Waals surface area contributed by atoms with Gasteiger partial charge in [-0.15, -0.1) is 0 Å². The summed E-state index contributed by atoms with van der Waals surface area (Å²) in [6.07, 6.45) is 0. The van der Waals surface area contributed by atoms with E-state index in [0.717, 1.165) is 11.2 Å². The van der Waals surface area contributed by atoms with Crippen LogP contribution in [0, 0.1) is 0 Å². The maximum Gasteiger partial charge on any atom is 0.144 e. The van der Waals surface area contributed by atoms with E-state index in [1.165, 1.54) is 38.5 Å². The molecule has 0 unspecified atom stereocenters. The summed E-state index contributed by atoms with van der Waals surface area (Å²) in [5.74, 6) is 0. The lowest BCUT2D eigenvalue weighted by Crippen LogP contribution is -2.14. The Morgan fingerprint density at radius 1 is 0.783 bits per heavy atom. The van der Waals surface area contributed by atoms with Crippen molar-refractivity contribution in [2.75, 3.05) is 0 Å². The van der Waals surface area contributed by atoms with Crippen LogP contribution in [0.3, 0.4) is 0 Å². The molecule has 0 atom stereocenters. The van der Waals surface area contributed by atoms with Crippen LogP contribution in [0.5, 0.6) is 0 Å². The Balaban J connectivity index is 2.02. The highest BCUT2D eigenvalue weighted by molar-refractivity contribution is 6.39. The Kier molecular flexibility index (Phi) is 2.31. The second-order valence-electron chi connectivity index (χ2n) is 7.09. The molecule has 1 nitrogen and oxygen atoms in total. The van der Waals surface area contributed by atoms with E-state index in [-0.39, 0.29) is 5.41 Å². The van der Waals surface area contributed by atoms with Crippen LogP contribution in [0.2, 0.25) is 0 Å². The lowest BCUT2D eigenvalue weighted by molar-refractivity contribution is 0.654. The molecule has 1 aliphatic carbocycles. The van der Waals surface area contributed by atoms with Crippen LogP contribution in [-0.2, 0) is 5.41 Å². The van der Waals surface area contributed by atoms with Crippen molar-refractivity contribution < 1.29 is 4.42 Å². The fraction of sp³-hybridized carbons (Fsp3) is 0.143. The van der Waals surface area contributed by atoms with Gasteiger partial charge in [-0.1, -0.05) is 68.4 Å². The largest absolute Gasteiger partial charge is 0.456 e. The lowest BCUT2D eigenvalue weighted by Gasteiger charge is -2.21. The zero-order chi connectivity index (χ0) is 15.8. The Morgan fingerprint density at radius 2 is 1.57 bits per heavy atom. The van der Waals surface area contributed by atoms with Gasteiger partial charge in [0, 0.05) is 21.8 Å². The summed E-state index contributed by atoms with van der Waals surface area (Å²) in [4.78, 5) is 0. The summed E-state index contributed by atoms with van der Waals surface area (Å²) >= 11 is 0. The van der Waals surface area contributed by atoms with E-state index in [1.807, 2.05) is 0 Å². The maximum absolute atomic E-state index is 6.38. The van der Waals surface area contributed by atoms with Crippen molar-refractivity contribution in [2.24, 2.45) is 0 Å². The molecular formula is C21H17BO. The maximum atomic E-state index is 6.38. The van der Waals surface area contributed by atoms with E-state index in [9.17, 15) is 0 Å². The second-order valence-corrected chi connectivity index (χ2v) is 7.09. The van der Waals surface area contributed by atoms with E-state index in [2.05, 4.69) is 76.3 Å². The lowest BCUT2D eigenvalue weighted by atomic mass is 9.82. The normalized spacial score (nSPS) is 15.0. The van der Waals surface area contributed by atoms with Gasteiger partial charge in [-0.2, -0.15) is 0 Å². The number of fused-ring (bicyclic) bond motifs is 7. The van der Waals surface area contributed by atoms with Gasteiger partial charge in [0.2, 0.25) is 0 Å². The highest BCUT2D eigenvalue weighted by Crippen LogP contribution is 2.52.